The normalized spacial score (nSPS) is 17.5. The summed E-state index contributed by atoms with van der Waals surface area (Å²) in [7, 11) is 0. The molecule has 1 N–H and O–H groups in total. The van der Waals surface area contributed by atoms with E-state index in [1.165, 1.54) is 5.56 Å². The van der Waals surface area contributed by atoms with Crippen molar-refractivity contribution < 1.29 is 14.3 Å². The van der Waals surface area contributed by atoms with Crippen LogP contribution in [0.3, 0.4) is 0 Å². The molecular weight excluding hydrogens is 376 g/mol. The SMILES string of the molecule is CCOC(=O)C[C@@H](Cc1ccc(-c2ccccc2)cc1)NC(=O)CN1CCC[C@H]1C. The molecule has 5 nitrogen and oxygen atoms in total. The van der Waals surface area contributed by atoms with Gasteiger partial charge in [-0.05, 0) is 56.3 Å². The third-order valence-corrected chi connectivity index (χ3v) is 5.66. The van der Waals surface area contributed by atoms with Crippen molar-refractivity contribution in [2.75, 3.05) is 19.7 Å². The number of carbonyl (C=O) groups excluding carboxylic acids is 2. The molecule has 0 aromatic heterocycles. The van der Waals surface area contributed by atoms with Gasteiger partial charge < -0.3 is 10.1 Å². The van der Waals surface area contributed by atoms with E-state index in [0.717, 1.165) is 30.5 Å². The lowest BCUT2D eigenvalue weighted by molar-refractivity contribution is -0.143. The maximum atomic E-state index is 12.6. The lowest BCUT2D eigenvalue weighted by Crippen LogP contribution is -2.44. The second-order valence-corrected chi connectivity index (χ2v) is 8.00. The fourth-order valence-electron chi connectivity index (χ4n) is 4.03. The molecule has 1 fully saturated rings. The molecule has 0 saturated carbocycles. The lowest BCUT2D eigenvalue weighted by atomic mass is 9.99. The van der Waals surface area contributed by atoms with Crippen LogP contribution in [0.25, 0.3) is 11.1 Å². The van der Waals surface area contributed by atoms with Crippen LogP contribution in [0.1, 0.15) is 38.7 Å². The zero-order chi connectivity index (χ0) is 21.3. The van der Waals surface area contributed by atoms with Crippen LogP contribution in [0.5, 0.6) is 0 Å². The van der Waals surface area contributed by atoms with Crippen LogP contribution in [0.15, 0.2) is 54.6 Å². The molecule has 2 aromatic carbocycles. The van der Waals surface area contributed by atoms with Gasteiger partial charge in [-0.3, -0.25) is 14.5 Å². The number of likely N-dealkylation sites (tertiary alicyclic amines) is 1. The van der Waals surface area contributed by atoms with Crippen LogP contribution in [0.4, 0.5) is 0 Å². The van der Waals surface area contributed by atoms with Crippen LogP contribution in [-0.2, 0) is 20.7 Å². The summed E-state index contributed by atoms with van der Waals surface area (Å²) in [4.78, 5) is 26.9. The predicted molar refractivity (Wildman–Crippen MR) is 119 cm³/mol. The highest BCUT2D eigenvalue weighted by Crippen LogP contribution is 2.20. The Morgan fingerprint density at radius 1 is 1.10 bits per heavy atom. The van der Waals surface area contributed by atoms with Gasteiger partial charge in [-0.2, -0.15) is 0 Å². The molecule has 0 unspecified atom stereocenters. The molecule has 0 aliphatic carbocycles. The molecule has 1 saturated heterocycles. The van der Waals surface area contributed by atoms with Crippen molar-refractivity contribution in [3.8, 4) is 11.1 Å². The van der Waals surface area contributed by atoms with Gasteiger partial charge in [0.1, 0.15) is 0 Å². The smallest absolute Gasteiger partial charge is 0.307 e. The Balaban J connectivity index is 1.64. The van der Waals surface area contributed by atoms with Crippen molar-refractivity contribution in [3.63, 3.8) is 0 Å². The first-order chi connectivity index (χ1) is 14.5. The van der Waals surface area contributed by atoms with E-state index in [-0.39, 0.29) is 24.3 Å². The van der Waals surface area contributed by atoms with E-state index in [2.05, 4.69) is 53.5 Å². The number of hydrogen-bond donors (Lipinski definition) is 1. The average Bonchev–Trinajstić information content (AvgIpc) is 3.13. The second kappa shape index (κ2) is 10.9. The Labute approximate surface area is 179 Å². The van der Waals surface area contributed by atoms with E-state index in [0.29, 0.717) is 25.6 Å². The number of carbonyl (C=O) groups is 2. The van der Waals surface area contributed by atoms with E-state index < -0.39 is 0 Å². The number of amides is 1. The number of nitrogens with one attached hydrogen (secondary N) is 1. The van der Waals surface area contributed by atoms with Gasteiger partial charge in [0.05, 0.1) is 19.6 Å². The third kappa shape index (κ3) is 6.42. The van der Waals surface area contributed by atoms with Gasteiger partial charge in [-0.25, -0.2) is 0 Å². The fraction of sp³-hybridized carbons (Fsp3) is 0.440. The highest BCUT2D eigenvalue weighted by atomic mass is 16.5. The number of nitrogens with zero attached hydrogens (tertiary/aromatic N) is 1. The Morgan fingerprint density at radius 2 is 1.80 bits per heavy atom. The summed E-state index contributed by atoms with van der Waals surface area (Å²) in [6, 6.07) is 18.7. The van der Waals surface area contributed by atoms with E-state index in [9.17, 15) is 9.59 Å². The summed E-state index contributed by atoms with van der Waals surface area (Å²) < 4.78 is 5.12. The fourth-order valence-corrected chi connectivity index (χ4v) is 4.03. The molecule has 0 spiro atoms. The first-order valence-corrected chi connectivity index (χ1v) is 10.9. The van der Waals surface area contributed by atoms with Crippen LogP contribution in [-0.4, -0.2) is 48.6 Å². The second-order valence-electron chi connectivity index (χ2n) is 8.00. The molecule has 160 valence electrons. The molecule has 2 atom stereocenters. The molecule has 1 heterocycles. The number of hydrogen-bond acceptors (Lipinski definition) is 4. The van der Waals surface area contributed by atoms with Crippen molar-refractivity contribution in [1.29, 1.82) is 0 Å². The Hall–Kier alpha value is -2.66. The minimum Gasteiger partial charge on any atom is -0.466 e. The van der Waals surface area contributed by atoms with Gasteiger partial charge in [-0.1, -0.05) is 54.6 Å². The molecule has 2 aromatic rings. The molecule has 3 rings (SSSR count). The van der Waals surface area contributed by atoms with Gasteiger partial charge in [0.15, 0.2) is 0 Å². The largest absolute Gasteiger partial charge is 0.466 e. The molecule has 1 amide bonds. The molecule has 1 aliphatic rings. The zero-order valence-corrected chi connectivity index (χ0v) is 18.0. The summed E-state index contributed by atoms with van der Waals surface area (Å²) in [5.74, 6) is -0.308. The van der Waals surface area contributed by atoms with Crippen molar-refractivity contribution >= 4 is 11.9 Å². The van der Waals surface area contributed by atoms with Gasteiger partial charge in [0.25, 0.3) is 0 Å². The standard InChI is InChI=1S/C25H32N2O3/c1-3-30-25(29)17-23(26-24(28)18-27-15-7-8-19(27)2)16-20-11-13-22(14-12-20)21-9-5-4-6-10-21/h4-6,9-14,19,23H,3,7-8,15-18H2,1-2H3,(H,26,28)/t19-,23-/m1/s1. The molecular formula is C25H32N2O3. The predicted octanol–water partition coefficient (Wildman–Crippen LogP) is 3.82. The Kier molecular flexibility index (Phi) is 8.03. The molecule has 0 bridgehead atoms. The van der Waals surface area contributed by atoms with E-state index >= 15 is 0 Å². The summed E-state index contributed by atoms with van der Waals surface area (Å²) in [6.45, 7) is 5.63. The quantitative estimate of drug-likeness (QED) is 0.641. The first-order valence-electron chi connectivity index (χ1n) is 10.9. The maximum absolute atomic E-state index is 12.6. The molecule has 5 heteroatoms. The van der Waals surface area contributed by atoms with Crippen molar-refractivity contribution in [2.24, 2.45) is 0 Å². The third-order valence-electron chi connectivity index (χ3n) is 5.66. The monoisotopic (exact) mass is 408 g/mol. The minimum atomic E-state index is -0.281. The highest BCUT2D eigenvalue weighted by molar-refractivity contribution is 5.79. The Bertz CT molecular complexity index is 820. The van der Waals surface area contributed by atoms with Crippen molar-refractivity contribution in [2.45, 2.75) is 51.6 Å². The zero-order valence-electron chi connectivity index (χ0n) is 18.0. The van der Waals surface area contributed by atoms with Crippen LogP contribution in [0.2, 0.25) is 0 Å². The topological polar surface area (TPSA) is 58.6 Å². The Morgan fingerprint density at radius 3 is 2.43 bits per heavy atom. The van der Waals surface area contributed by atoms with Crippen LogP contribution in [0, 0.1) is 0 Å². The summed E-state index contributed by atoms with van der Waals surface area (Å²) in [5.41, 5.74) is 3.40. The maximum Gasteiger partial charge on any atom is 0.307 e. The van der Waals surface area contributed by atoms with Crippen molar-refractivity contribution in [1.82, 2.24) is 10.2 Å². The minimum absolute atomic E-state index is 0.0287. The van der Waals surface area contributed by atoms with Crippen LogP contribution < -0.4 is 5.32 Å². The van der Waals surface area contributed by atoms with Crippen LogP contribution >= 0.6 is 0 Å². The first kappa shape index (κ1) is 22.0. The molecule has 1 aliphatic heterocycles. The highest BCUT2D eigenvalue weighted by Gasteiger charge is 2.24. The van der Waals surface area contributed by atoms with Gasteiger partial charge >= 0.3 is 5.97 Å². The summed E-state index contributed by atoms with van der Waals surface area (Å²) >= 11 is 0. The molecule has 30 heavy (non-hydrogen) atoms. The number of benzene rings is 2. The number of ether oxygens (including phenoxy) is 1. The van der Waals surface area contributed by atoms with E-state index in [1.807, 2.05) is 18.2 Å². The van der Waals surface area contributed by atoms with E-state index in [1.54, 1.807) is 6.92 Å². The van der Waals surface area contributed by atoms with E-state index in [4.69, 9.17) is 4.74 Å². The number of rotatable bonds is 9. The van der Waals surface area contributed by atoms with Gasteiger partial charge in [-0.15, -0.1) is 0 Å². The number of esters is 1. The summed E-state index contributed by atoms with van der Waals surface area (Å²) in [5, 5.41) is 3.07. The van der Waals surface area contributed by atoms with Crippen molar-refractivity contribution in [3.05, 3.63) is 60.2 Å². The van der Waals surface area contributed by atoms with Gasteiger partial charge in [0, 0.05) is 12.1 Å². The average molecular weight is 409 g/mol. The van der Waals surface area contributed by atoms with Gasteiger partial charge in [0.2, 0.25) is 5.91 Å². The lowest BCUT2D eigenvalue weighted by Gasteiger charge is -2.23. The summed E-state index contributed by atoms with van der Waals surface area (Å²) in [6.07, 6.45) is 3.03. The molecule has 0 radical (unpaired) electrons.